The molecule has 22 heavy (non-hydrogen) atoms. The van der Waals surface area contributed by atoms with Crippen LogP contribution in [-0.4, -0.2) is 34.9 Å². The van der Waals surface area contributed by atoms with E-state index in [1.165, 1.54) is 77.0 Å². The van der Waals surface area contributed by atoms with Crippen LogP contribution in [0.3, 0.4) is 0 Å². The first-order valence-electron chi connectivity index (χ1n) is 9.51. The predicted octanol–water partition coefficient (Wildman–Crippen LogP) is 4.58. The summed E-state index contributed by atoms with van der Waals surface area (Å²) in [5, 5.41) is 8.80. The SMILES string of the molecule is ClC1CCC(NC2CCCCC2NC2CCC(Cl)CC2)CC1. The van der Waals surface area contributed by atoms with Gasteiger partial charge in [0.25, 0.3) is 0 Å². The van der Waals surface area contributed by atoms with Crippen LogP contribution in [0.25, 0.3) is 0 Å². The van der Waals surface area contributed by atoms with Crippen molar-refractivity contribution in [3.8, 4) is 0 Å². The Kier molecular flexibility index (Phi) is 6.74. The van der Waals surface area contributed by atoms with Crippen molar-refractivity contribution < 1.29 is 0 Å². The molecule has 128 valence electrons. The molecule has 0 aromatic rings. The van der Waals surface area contributed by atoms with E-state index in [0.29, 0.717) is 34.9 Å². The monoisotopic (exact) mass is 346 g/mol. The zero-order chi connectivity index (χ0) is 15.4. The highest BCUT2D eigenvalue weighted by Gasteiger charge is 2.31. The van der Waals surface area contributed by atoms with Crippen molar-refractivity contribution in [3.63, 3.8) is 0 Å². The fourth-order valence-corrected chi connectivity index (χ4v) is 5.08. The van der Waals surface area contributed by atoms with E-state index in [2.05, 4.69) is 10.6 Å². The molecule has 0 aromatic carbocycles. The maximum atomic E-state index is 6.24. The summed E-state index contributed by atoms with van der Waals surface area (Å²) in [6.45, 7) is 0. The lowest BCUT2D eigenvalue weighted by atomic mass is 9.86. The fourth-order valence-electron chi connectivity index (χ4n) is 4.57. The summed E-state index contributed by atoms with van der Waals surface area (Å²) in [7, 11) is 0. The number of alkyl halides is 2. The third-order valence-corrected chi connectivity index (χ3v) is 6.85. The van der Waals surface area contributed by atoms with Gasteiger partial charge in [0, 0.05) is 34.9 Å². The third-order valence-electron chi connectivity index (χ3n) is 5.98. The van der Waals surface area contributed by atoms with E-state index < -0.39 is 0 Å². The van der Waals surface area contributed by atoms with Gasteiger partial charge in [-0.2, -0.15) is 0 Å². The Labute approximate surface area is 146 Å². The molecule has 0 aliphatic heterocycles. The molecule has 0 bridgehead atoms. The van der Waals surface area contributed by atoms with Gasteiger partial charge in [0.2, 0.25) is 0 Å². The van der Waals surface area contributed by atoms with E-state index in [1.54, 1.807) is 0 Å². The van der Waals surface area contributed by atoms with Gasteiger partial charge in [-0.3, -0.25) is 0 Å². The largest absolute Gasteiger partial charge is 0.310 e. The van der Waals surface area contributed by atoms with Crippen molar-refractivity contribution in [2.75, 3.05) is 0 Å². The zero-order valence-corrected chi connectivity index (χ0v) is 15.2. The lowest BCUT2D eigenvalue weighted by Crippen LogP contribution is -2.56. The van der Waals surface area contributed by atoms with Crippen LogP contribution in [0, 0.1) is 0 Å². The quantitative estimate of drug-likeness (QED) is 0.728. The van der Waals surface area contributed by atoms with Crippen LogP contribution in [-0.2, 0) is 0 Å². The Bertz CT molecular complexity index is 291. The van der Waals surface area contributed by atoms with Gasteiger partial charge in [0.15, 0.2) is 0 Å². The summed E-state index contributed by atoms with van der Waals surface area (Å²) in [4.78, 5) is 0. The van der Waals surface area contributed by atoms with Crippen LogP contribution in [0.4, 0.5) is 0 Å². The molecule has 3 fully saturated rings. The minimum absolute atomic E-state index is 0.420. The first kappa shape index (κ1) is 17.3. The number of hydrogen-bond donors (Lipinski definition) is 2. The number of halogens is 2. The molecule has 0 saturated heterocycles. The second-order valence-corrected chi connectivity index (χ2v) is 8.96. The molecular weight excluding hydrogens is 315 g/mol. The highest BCUT2D eigenvalue weighted by Crippen LogP contribution is 2.28. The van der Waals surface area contributed by atoms with Crippen molar-refractivity contribution in [2.24, 2.45) is 0 Å². The van der Waals surface area contributed by atoms with Crippen LogP contribution < -0.4 is 10.6 Å². The van der Waals surface area contributed by atoms with Gasteiger partial charge >= 0.3 is 0 Å². The molecule has 0 heterocycles. The number of rotatable bonds is 4. The molecule has 3 saturated carbocycles. The maximum Gasteiger partial charge on any atom is 0.0337 e. The minimum Gasteiger partial charge on any atom is -0.310 e. The molecule has 2 unspecified atom stereocenters. The lowest BCUT2D eigenvalue weighted by molar-refractivity contribution is 0.215. The minimum atomic E-state index is 0.420. The molecule has 2 nitrogen and oxygen atoms in total. The smallest absolute Gasteiger partial charge is 0.0337 e. The van der Waals surface area contributed by atoms with E-state index in [9.17, 15) is 0 Å². The van der Waals surface area contributed by atoms with Crippen molar-refractivity contribution in [1.82, 2.24) is 10.6 Å². The van der Waals surface area contributed by atoms with Gasteiger partial charge in [0.05, 0.1) is 0 Å². The van der Waals surface area contributed by atoms with Gasteiger partial charge in [-0.05, 0) is 64.2 Å². The van der Waals surface area contributed by atoms with Crippen molar-refractivity contribution >= 4 is 23.2 Å². The van der Waals surface area contributed by atoms with Gasteiger partial charge in [-0.25, -0.2) is 0 Å². The Morgan fingerprint density at radius 2 is 0.864 bits per heavy atom. The highest BCUT2D eigenvalue weighted by molar-refractivity contribution is 6.20. The summed E-state index contributed by atoms with van der Waals surface area (Å²) < 4.78 is 0. The molecular formula is C18H32Cl2N2. The van der Waals surface area contributed by atoms with Crippen LogP contribution in [0.2, 0.25) is 0 Å². The van der Waals surface area contributed by atoms with Crippen molar-refractivity contribution in [2.45, 2.75) is 112 Å². The Balaban J connectivity index is 1.48. The predicted molar refractivity (Wildman–Crippen MR) is 96.1 cm³/mol. The summed E-state index contributed by atoms with van der Waals surface area (Å²) in [6, 6.07) is 2.72. The second kappa shape index (κ2) is 8.55. The van der Waals surface area contributed by atoms with Crippen LogP contribution in [0.5, 0.6) is 0 Å². The van der Waals surface area contributed by atoms with Gasteiger partial charge in [0.1, 0.15) is 0 Å². The molecule has 4 heteroatoms. The summed E-state index contributed by atoms with van der Waals surface area (Å²) in [5.74, 6) is 0. The topological polar surface area (TPSA) is 24.1 Å². The normalized spacial score (nSPS) is 43.9. The molecule has 0 aromatic heterocycles. The Morgan fingerprint density at radius 3 is 1.23 bits per heavy atom. The summed E-state index contributed by atoms with van der Waals surface area (Å²) >= 11 is 12.5. The molecule has 3 rings (SSSR count). The molecule has 0 spiro atoms. The average Bonchev–Trinajstić information content (AvgIpc) is 2.54. The van der Waals surface area contributed by atoms with Crippen molar-refractivity contribution in [1.29, 1.82) is 0 Å². The molecule has 3 aliphatic rings. The van der Waals surface area contributed by atoms with E-state index >= 15 is 0 Å². The number of hydrogen-bond acceptors (Lipinski definition) is 2. The van der Waals surface area contributed by atoms with E-state index in [-0.39, 0.29) is 0 Å². The highest BCUT2D eigenvalue weighted by atomic mass is 35.5. The van der Waals surface area contributed by atoms with Crippen molar-refractivity contribution in [3.05, 3.63) is 0 Å². The standard InChI is InChI=1S/C18H32Cl2N2/c19-13-5-9-15(10-6-13)21-17-3-1-2-4-18(17)22-16-11-7-14(20)8-12-16/h13-18,21-22H,1-12H2. The van der Waals surface area contributed by atoms with Gasteiger partial charge < -0.3 is 10.6 Å². The molecule has 2 N–H and O–H groups in total. The first-order valence-corrected chi connectivity index (χ1v) is 10.4. The van der Waals surface area contributed by atoms with Crippen LogP contribution in [0.1, 0.15) is 77.0 Å². The van der Waals surface area contributed by atoms with E-state index in [4.69, 9.17) is 23.2 Å². The molecule has 0 amide bonds. The fraction of sp³-hybridized carbons (Fsp3) is 1.00. The molecule has 3 aliphatic carbocycles. The summed E-state index contributed by atoms with van der Waals surface area (Å²) in [6.07, 6.45) is 15.2. The van der Waals surface area contributed by atoms with Gasteiger partial charge in [-0.1, -0.05) is 12.8 Å². The first-order chi connectivity index (χ1) is 10.7. The molecule has 0 radical (unpaired) electrons. The lowest BCUT2D eigenvalue weighted by Gasteiger charge is -2.40. The second-order valence-electron chi connectivity index (χ2n) is 7.73. The van der Waals surface area contributed by atoms with E-state index in [0.717, 1.165) is 0 Å². The van der Waals surface area contributed by atoms with Crippen LogP contribution >= 0.6 is 23.2 Å². The van der Waals surface area contributed by atoms with Crippen LogP contribution in [0.15, 0.2) is 0 Å². The average molecular weight is 347 g/mol. The maximum absolute atomic E-state index is 6.24. The Morgan fingerprint density at radius 1 is 0.500 bits per heavy atom. The third kappa shape index (κ3) is 5.00. The number of nitrogens with one attached hydrogen (secondary N) is 2. The van der Waals surface area contributed by atoms with E-state index in [1.807, 2.05) is 0 Å². The molecule has 2 atom stereocenters. The Hall–Kier alpha value is 0.500. The zero-order valence-electron chi connectivity index (χ0n) is 13.7. The summed E-state index contributed by atoms with van der Waals surface area (Å²) in [5.41, 5.74) is 0. The van der Waals surface area contributed by atoms with Gasteiger partial charge in [-0.15, -0.1) is 23.2 Å².